The van der Waals surface area contributed by atoms with E-state index in [0.717, 1.165) is 49.7 Å². The minimum atomic E-state index is -0.0544. The topological polar surface area (TPSA) is 50.8 Å². The summed E-state index contributed by atoms with van der Waals surface area (Å²) in [5.74, 6) is 0.759. The van der Waals surface area contributed by atoms with E-state index in [9.17, 15) is 4.79 Å². The molecule has 1 amide bonds. The van der Waals surface area contributed by atoms with Gasteiger partial charge in [-0.3, -0.25) is 4.79 Å². The Balaban J connectivity index is 1.65. The quantitative estimate of drug-likeness (QED) is 0.864. The zero-order valence-corrected chi connectivity index (χ0v) is 15.4. The van der Waals surface area contributed by atoms with Crippen LogP contribution in [0.25, 0.3) is 0 Å². The molecule has 0 unspecified atom stereocenters. The Morgan fingerprint density at radius 2 is 1.77 bits per heavy atom. The van der Waals surface area contributed by atoms with Gasteiger partial charge in [-0.05, 0) is 48.4 Å². The van der Waals surface area contributed by atoms with Gasteiger partial charge < -0.3 is 19.7 Å². The van der Waals surface area contributed by atoms with Crippen molar-refractivity contribution < 1.29 is 14.3 Å². The number of amides is 1. The van der Waals surface area contributed by atoms with E-state index < -0.39 is 0 Å². The molecule has 1 saturated heterocycles. The second-order valence-electron chi connectivity index (χ2n) is 6.35. The molecule has 1 N–H and O–H groups in total. The monoisotopic (exact) mass is 354 g/mol. The third kappa shape index (κ3) is 4.35. The van der Waals surface area contributed by atoms with Gasteiger partial charge in [-0.2, -0.15) is 0 Å². The first-order valence-corrected chi connectivity index (χ1v) is 9.09. The van der Waals surface area contributed by atoms with E-state index in [1.54, 1.807) is 7.11 Å². The van der Waals surface area contributed by atoms with Gasteiger partial charge in [-0.1, -0.05) is 19.1 Å². The van der Waals surface area contributed by atoms with Gasteiger partial charge in [0.2, 0.25) is 0 Å². The first kappa shape index (κ1) is 18.3. The van der Waals surface area contributed by atoms with Crippen molar-refractivity contribution in [3.63, 3.8) is 0 Å². The number of hydrogen-bond acceptors (Lipinski definition) is 4. The number of nitrogens with one attached hydrogen (secondary N) is 1. The summed E-state index contributed by atoms with van der Waals surface area (Å²) in [7, 11) is 1.65. The molecule has 2 aromatic carbocycles. The summed E-state index contributed by atoms with van der Waals surface area (Å²) in [5, 5.41) is 3.12. The summed E-state index contributed by atoms with van der Waals surface area (Å²) in [6, 6.07) is 15.6. The van der Waals surface area contributed by atoms with Crippen molar-refractivity contribution in [2.24, 2.45) is 0 Å². The minimum absolute atomic E-state index is 0.0210. The van der Waals surface area contributed by atoms with Crippen molar-refractivity contribution in [1.29, 1.82) is 0 Å². The van der Waals surface area contributed by atoms with Crippen molar-refractivity contribution in [3.05, 3.63) is 59.7 Å². The Kier molecular flexibility index (Phi) is 6.12. The number of methoxy groups -OCH3 is 1. The fourth-order valence-electron chi connectivity index (χ4n) is 3.14. The average Bonchev–Trinajstić information content (AvgIpc) is 2.72. The van der Waals surface area contributed by atoms with E-state index in [2.05, 4.69) is 17.1 Å². The fourth-order valence-corrected chi connectivity index (χ4v) is 3.14. The number of anilines is 1. The predicted octanol–water partition coefficient (Wildman–Crippen LogP) is 3.41. The van der Waals surface area contributed by atoms with Crippen molar-refractivity contribution in [2.45, 2.75) is 19.4 Å². The summed E-state index contributed by atoms with van der Waals surface area (Å²) in [4.78, 5) is 14.9. The van der Waals surface area contributed by atoms with Crippen LogP contribution in [0.4, 0.5) is 5.69 Å². The molecule has 0 radical (unpaired) electrons. The van der Waals surface area contributed by atoms with E-state index in [1.165, 1.54) is 0 Å². The maximum atomic E-state index is 12.6. The molecule has 5 nitrogen and oxygen atoms in total. The summed E-state index contributed by atoms with van der Waals surface area (Å²) in [5.41, 5.74) is 2.88. The van der Waals surface area contributed by atoms with Gasteiger partial charge in [0, 0.05) is 24.3 Å². The van der Waals surface area contributed by atoms with Gasteiger partial charge in [0.05, 0.1) is 26.4 Å². The normalized spacial score (nSPS) is 15.4. The molecule has 0 spiro atoms. The van der Waals surface area contributed by atoms with Gasteiger partial charge in [-0.15, -0.1) is 0 Å². The van der Waals surface area contributed by atoms with Gasteiger partial charge in [-0.25, -0.2) is 0 Å². The van der Waals surface area contributed by atoms with Crippen LogP contribution in [-0.4, -0.2) is 39.3 Å². The van der Waals surface area contributed by atoms with Crippen LogP contribution >= 0.6 is 0 Å². The molecular weight excluding hydrogens is 328 g/mol. The third-order valence-corrected chi connectivity index (χ3v) is 4.74. The maximum absolute atomic E-state index is 12.6. The molecule has 1 atom stereocenters. The summed E-state index contributed by atoms with van der Waals surface area (Å²) in [6.45, 7) is 5.35. The van der Waals surface area contributed by atoms with Crippen LogP contribution in [0.15, 0.2) is 48.5 Å². The first-order chi connectivity index (χ1) is 12.7. The molecule has 138 valence electrons. The molecule has 2 aromatic rings. The van der Waals surface area contributed by atoms with E-state index >= 15 is 0 Å². The number of benzene rings is 2. The smallest absolute Gasteiger partial charge is 0.251 e. The second kappa shape index (κ2) is 8.72. The minimum Gasteiger partial charge on any atom is -0.497 e. The summed E-state index contributed by atoms with van der Waals surface area (Å²) < 4.78 is 10.6. The van der Waals surface area contributed by atoms with Crippen LogP contribution in [0.3, 0.4) is 0 Å². The highest BCUT2D eigenvalue weighted by molar-refractivity contribution is 5.94. The molecule has 1 aliphatic heterocycles. The van der Waals surface area contributed by atoms with Crippen molar-refractivity contribution in [1.82, 2.24) is 5.32 Å². The Morgan fingerprint density at radius 3 is 2.35 bits per heavy atom. The van der Waals surface area contributed by atoms with E-state index in [0.29, 0.717) is 5.56 Å². The van der Waals surface area contributed by atoms with Crippen LogP contribution in [-0.2, 0) is 4.74 Å². The van der Waals surface area contributed by atoms with Crippen LogP contribution in [0, 0.1) is 0 Å². The number of rotatable bonds is 6. The maximum Gasteiger partial charge on any atom is 0.251 e. The van der Waals surface area contributed by atoms with Crippen LogP contribution in [0.1, 0.15) is 35.3 Å². The highest BCUT2D eigenvalue weighted by Crippen LogP contribution is 2.21. The summed E-state index contributed by atoms with van der Waals surface area (Å²) >= 11 is 0. The zero-order valence-electron chi connectivity index (χ0n) is 15.4. The Labute approximate surface area is 154 Å². The molecule has 1 aliphatic rings. The molecule has 0 bridgehead atoms. The molecule has 26 heavy (non-hydrogen) atoms. The van der Waals surface area contributed by atoms with Gasteiger partial charge in [0.1, 0.15) is 5.75 Å². The number of carbonyl (C=O) groups is 1. The van der Waals surface area contributed by atoms with Crippen LogP contribution in [0.5, 0.6) is 5.75 Å². The zero-order chi connectivity index (χ0) is 18.4. The van der Waals surface area contributed by atoms with E-state index in [-0.39, 0.29) is 11.9 Å². The fraction of sp³-hybridized carbons (Fsp3) is 0.381. The van der Waals surface area contributed by atoms with Crippen LogP contribution in [0.2, 0.25) is 0 Å². The number of nitrogens with zero attached hydrogens (tertiary/aromatic N) is 1. The number of morpholine rings is 1. The Bertz CT molecular complexity index is 707. The van der Waals surface area contributed by atoms with Crippen LogP contribution < -0.4 is 15.0 Å². The van der Waals surface area contributed by atoms with Crippen molar-refractivity contribution in [2.75, 3.05) is 38.3 Å². The molecule has 0 aromatic heterocycles. The molecule has 1 fully saturated rings. The van der Waals surface area contributed by atoms with E-state index in [4.69, 9.17) is 9.47 Å². The Hall–Kier alpha value is -2.53. The SMILES string of the molecule is CC[C@@H](NC(=O)c1ccc(N2CCOCC2)cc1)c1ccc(OC)cc1. The molecular formula is C21H26N2O3. The summed E-state index contributed by atoms with van der Waals surface area (Å²) in [6.07, 6.45) is 0.823. The standard InChI is InChI=1S/C21H26N2O3/c1-3-20(16-6-10-19(25-2)11-7-16)22-21(24)17-4-8-18(9-5-17)23-12-14-26-15-13-23/h4-11,20H,3,12-15H2,1-2H3,(H,22,24)/t20-/m1/s1. The lowest BCUT2D eigenvalue weighted by Gasteiger charge is -2.28. The third-order valence-electron chi connectivity index (χ3n) is 4.74. The van der Waals surface area contributed by atoms with Crippen molar-refractivity contribution >= 4 is 11.6 Å². The number of ether oxygens (including phenoxy) is 2. The van der Waals surface area contributed by atoms with Crippen molar-refractivity contribution in [3.8, 4) is 5.75 Å². The molecule has 0 saturated carbocycles. The predicted molar refractivity (Wildman–Crippen MR) is 103 cm³/mol. The lowest BCUT2D eigenvalue weighted by molar-refractivity contribution is 0.0935. The largest absolute Gasteiger partial charge is 0.497 e. The Morgan fingerprint density at radius 1 is 1.12 bits per heavy atom. The molecule has 3 rings (SSSR count). The molecule has 1 heterocycles. The average molecular weight is 354 g/mol. The highest BCUT2D eigenvalue weighted by atomic mass is 16.5. The van der Waals surface area contributed by atoms with Gasteiger partial charge in [0.15, 0.2) is 0 Å². The second-order valence-corrected chi connectivity index (χ2v) is 6.35. The lowest BCUT2D eigenvalue weighted by atomic mass is 10.0. The number of carbonyl (C=O) groups excluding carboxylic acids is 1. The molecule has 5 heteroatoms. The number of hydrogen-bond donors (Lipinski definition) is 1. The lowest BCUT2D eigenvalue weighted by Crippen LogP contribution is -2.36. The highest BCUT2D eigenvalue weighted by Gasteiger charge is 2.16. The van der Waals surface area contributed by atoms with Gasteiger partial charge in [0.25, 0.3) is 5.91 Å². The first-order valence-electron chi connectivity index (χ1n) is 9.09. The van der Waals surface area contributed by atoms with E-state index in [1.807, 2.05) is 48.5 Å². The van der Waals surface area contributed by atoms with Gasteiger partial charge >= 0.3 is 0 Å². The molecule has 0 aliphatic carbocycles.